The summed E-state index contributed by atoms with van der Waals surface area (Å²) >= 11 is 3.40. The van der Waals surface area contributed by atoms with Crippen molar-refractivity contribution in [2.75, 3.05) is 17.4 Å². The SMILES string of the molecule is CCNC(=O)C(Cc1ccccc1)N(Cc1ccccc1)C(=O)CN(c1ccc(Br)cc1)S(=O)(=O)c1ccc(C)cc1. The fraction of sp³-hybridized carbons (Fsp3) is 0.212. The van der Waals surface area contributed by atoms with E-state index in [-0.39, 0.29) is 23.8 Å². The highest BCUT2D eigenvalue weighted by Crippen LogP contribution is 2.26. The van der Waals surface area contributed by atoms with Crippen molar-refractivity contribution < 1.29 is 18.0 Å². The maximum Gasteiger partial charge on any atom is 0.264 e. The minimum Gasteiger partial charge on any atom is -0.355 e. The molecule has 218 valence electrons. The summed E-state index contributed by atoms with van der Waals surface area (Å²) in [6.07, 6.45) is 0.272. The van der Waals surface area contributed by atoms with Crippen LogP contribution in [-0.4, -0.2) is 44.3 Å². The van der Waals surface area contributed by atoms with Crippen LogP contribution in [0, 0.1) is 6.92 Å². The number of carbonyl (C=O) groups excluding carboxylic acids is 2. The van der Waals surface area contributed by atoms with Gasteiger partial charge in [0, 0.05) is 24.0 Å². The van der Waals surface area contributed by atoms with Gasteiger partial charge in [0.2, 0.25) is 11.8 Å². The van der Waals surface area contributed by atoms with Crippen LogP contribution in [0.15, 0.2) is 119 Å². The molecular weight excluding hydrogens is 614 g/mol. The summed E-state index contributed by atoms with van der Waals surface area (Å²) in [6.45, 7) is 3.74. The number of aryl methyl sites for hydroxylation is 1. The Labute approximate surface area is 256 Å². The second-order valence-electron chi connectivity index (χ2n) is 9.91. The van der Waals surface area contributed by atoms with Gasteiger partial charge in [0.1, 0.15) is 12.6 Å². The van der Waals surface area contributed by atoms with Gasteiger partial charge in [-0.3, -0.25) is 13.9 Å². The fourth-order valence-electron chi connectivity index (χ4n) is 4.60. The maximum atomic E-state index is 14.3. The van der Waals surface area contributed by atoms with Gasteiger partial charge in [-0.1, -0.05) is 94.3 Å². The number of amides is 2. The van der Waals surface area contributed by atoms with E-state index in [0.717, 1.165) is 25.5 Å². The van der Waals surface area contributed by atoms with E-state index in [2.05, 4.69) is 21.2 Å². The van der Waals surface area contributed by atoms with Crippen LogP contribution in [0.3, 0.4) is 0 Å². The molecule has 4 rings (SSSR count). The van der Waals surface area contributed by atoms with Gasteiger partial charge in [-0.15, -0.1) is 0 Å². The van der Waals surface area contributed by atoms with Gasteiger partial charge < -0.3 is 10.2 Å². The number of hydrogen-bond donors (Lipinski definition) is 1. The van der Waals surface area contributed by atoms with Gasteiger partial charge in [0.05, 0.1) is 10.6 Å². The van der Waals surface area contributed by atoms with Crippen molar-refractivity contribution in [2.24, 2.45) is 0 Å². The highest BCUT2D eigenvalue weighted by molar-refractivity contribution is 9.10. The molecule has 0 aliphatic heterocycles. The number of sulfonamides is 1. The molecule has 42 heavy (non-hydrogen) atoms. The van der Waals surface area contributed by atoms with Crippen molar-refractivity contribution in [3.05, 3.63) is 130 Å². The van der Waals surface area contributed by atoms with E-state index in [1.807, 2.05) is 74.5 Å². The monoisotopic (exact) mass is 647 g/mol. The summed E-state index contributed by atoms with van der Waals surface area (Å²) < 4.78 is 29.9. The van der Waals surface area contributed by atoms with Crippen LogP contribution in [-0.2, 0) is 32.6 Å². The highest BCUT2D eigenvalue weighted by atomic mass is 79.9. The lowest BCUT2D eigenvalue weighted by molar-refractivity contribution is -0.140. The van der Waals surface area contributed by atoms with Crippen molar-refractivity contribution in [3.8, 4) is 0 Å². The highest BCUT2D eigenvalue weighted by Gasteiger charge is 2.34. The van der Waals surface area contributed by atoms with Gasteiger partial charge in [0.25, 0.3) is 10.0 Å². The van der Waals surface area contributed by atoms with Crippen molar-refractivity contribution >= 4 is 43.5 Å². The average molecular weight is 649 g/mol. The van der Waals surface area contributed by atoms with E-state index >= 15 is 0 Å². The summed E-state index contributed by atoms with van der Waals surface area (Å²) in [5.41, 5.74) is 2.96. The smallest absolute Gasteiger partial charge is 0.264 e. The summed E-state index contributed by atoms with van der Waals surface area (Å²) in [5.74, 6) is -0.799. The van der Waals surface area contributed by atoms with Crippen LogP contribution in [0.2, 0.25) is 0 Å². The quantitative estimate of drug-likeness (QED) is 0.213. The third-order valence-corrected chi connectivity index (χ3v) is 9.14. The van der Waals surface area contributed by atoms with E-state index < -0.39 is 28.5 Å². The molecule has 4 aromatic rings. The number of likely N-dealkylation sites (N-methyl/N-ethyl adjacent to an activating group) is 1. The number of nitrogens with one attached hydrogen (secondary N) is 1. The molecule has 2 amide bonds. The number of nitrogens with zero attached hydrogens (tertiary/aromatic N) is 2. The molecule has 0 spiro atoms. The molecule has 0 saturated heterocycles. The van der Waals surface area contributed by atoms with Crippen LogP contribution in [0.25, 0.3) is 0 Å². The van der Waals surface area contributed by atoms with Crippen molar-refractivity contribution in [1.29, 1.82) is 0 Å². The largest absolute Gasteiger partial charge is 0.355 e. The Morgan fingerprint density at radius 3 is 1.95 bits per heavy atom. The molecule has 0 saturated carbocycles. The number of halogens is 1. The molecule has 0 aromatic heterocycles. The zero-order valence-electron chi connectivity index (χ0n) is 23.6. The number of benzene rings is 4. The summed E-state index contributed by atoms with van der Waals surface area (Å²) in [5, 5.41) is 2.87. The van der Waals surface area contributed by atoms with E-state index in [0.29, 0.717) is 12.2 Å². The summed E-state index contributed by atoms with van der Waals surface area (Å²) in [7, 11) is -4.13. The standard InChI is InChI=1S/C33H34BrN3O4S/c1-3-35-33(39)31(22-26-10-6-4-7-11-26)36(23-27-12-8-5-9-13-27)32(38)24-37(29-18-16-28(34)17-19-29)42(40,41)30-20-14-25(2)15-21-30/h4-21,31H,3,22-24H2,1-2H3,(H,35,39). The summed E-state index contributed by atoms with van der Waals surface area (Å²) in [6, 6.07) is 31.3. The molecule has 0 radical (unpaired) electrons. The Bertz CT molecular complexity index is 1580. The lowest BCUT2D eigenvalue weighted by Crippen LogP contribution is -2.53. The number of carbonyl (C=O) groups is 2. The molecule has 9 heteroatoms. The molecule has 0 fully saturated rings. The Hall–Kier alpha value is -3.95. The van der Waals surface area contributed by atoms with Gasteiger partial charge in [-0.25, -0.2) is 8.42 Å². The second-order valence-corrected chi connectivity index (χ2v) is 12.7. The predicted octanol–water partition coefficient (Wildman–Crippen LogP) is 5.73. The molecule has 0 aliphatic carbocycles. The van der Waals surface area contributed by atoms with E-state index in [1.165, 1.54) is 17.0 Å². The Balaban J connectivity index is 1.77. The van der Waals surface area contributed by atoms with E-state index in [9.17, 15) is 18.0 Å². The molecule has 1 atom stereocenters. The van der Waals surface area contributed by atoms with Crippen LogP contribution in [0.5, 0.6) is 0 Å². The van der Waals surface area contributed by atoms with Crippen molar-refractivity contribution in [3.63, 3.8) is 0 Å². The first-order valence-electron chi connectivity index (χ1n) is 13.7. The van der Waals surface area contributed by atoms with Gasteiger partial charge in [0.15, 0.2) is 0 Å². The first-order chi connectivity index (χ1) is 20.2. The minimum absolute atomic E-state index is 0.0722. The zero-order valence-corrected chi connectivity index (χ0v) is 26.0. The minimum atomic E-state index is -4.13. The Morgan fingerprint density at radius 1 is 0.810 bits per heavy atom. The first kappa shape index (κ1) is 31.0. The molecule has 1 N–H and O–H groups in total. The normalized spacial score (nSPS) is 11.9. The lowest BCUT2D eigenvalue weighted by Gasteiger charge is -2.33. The van der Waals surface area contributed by atoms with Gasteiger partial charge in [-0.05, 0) is 61.4 Å². The van der Waals surface area contributed by atoms with E-state index in [4.69, 9.17) is 0 Å². The second kappa shape index (κ2) is 14.3. The van der Waals surface area contributed by atoms with Crippen LogP contribution >= 0.6 is 15.9 Å². The topological polar surface area (TPSA) is 86.8 Å². The predicted molar refractivity (Wildman–Crippen MR) is 169 cm³/mol. The summed E-state index contributed by atoms with van der Waals surface area (Å²) in [4.78, 5) is 29.3. The van der Waals surface area contributed by atoms with Crippen LogP contribution in [0.1, 0.15) is 23.6 Å². The average Bonchev–Trinajstić information content (AvgIpc) is 2.99. The number of anilines is 1. The molecule has 0 bridgehead atoms. The zero-order chi connectivity index (χ0) is 30.1. The molecule has 7 nitrogen and oxygen atoms in total. The number of hydrogen-bond acceptors (Lipinski definition) is 4. The molecule has 1 unspecified atom stereocenters. The van der Waals surface area contributed by atoms with Crippen LogP contribution in [0.4, 0.5) is 5.69 Å². The third-order valence-electron chi connectivity index (χ3n) is 6.82. The van der Waals surface area contributed by atoms with Gasteiger partial charge >= 0.3 is 0 Å². The van der Waals surface area contributed by atoms with E-state index in [1.54, 1.807) is 36.4 Å². The molecule has 0 aliphatic rings. The number of rotatable bonds is 12. The van der Waals surface area contributed by atoms with Crippen LogP contribution < -0.4 is 9.62 Å². The van der Waals surface area contributed by atoms with Gasteiger partial charge in [-0.2, -0.15) is 0 Å². The molecule has 0 heterocycles. The molecular formula is C33H34BrN3O4S. The first-order valence-corrected chi connectivity index (χ1v) is 15.9. The fourth-order valence-corrected chi connectivity index (χ4v) is 6.28. The lowest BCUT2D eigenvalue weighted by atomic mass is 10.0. The molecule has 4 aromatic carbocycles. The van der Waals surface area contributed by atoms with Crippen molar-refractivity contribution in [2.45, 2.75) is 37.8 Å². The van der Waals surface area contributed by atoms with Crippen molar-refractivity contribution in [1.82, 2.24) is 10.2 Å². The maximum absolute atomic E-state index is 14.3. The Kier molecular flexibility index (Phi) is 10.5. The Morgan fingerprint density at radius 2 is 1.38 bits per heavy atom. The third kappa shape index (κ3) is 7.86.